The number of unbranched alkanes of at least 4 members (excludes halogenated alkanes) is 1. The van der Waals surface area contributed by atoms with Crippen LogP contribution in [0.1, 0.15) is 52.5 Å². The fourth-order valence-electron chi connectivity index (χ4n) is 2.81. The number of aldehydes is 1. The van der Waals surface area contributed by atoms with E-state index in [0.29, 0.717) is 17.7 Å². The van der Waals surface area contributed by atoms with E-state index in [4.69, 9.17) is 4.74 Å². The normalized spacial score (nSPS) is 11.1. The molecule has 27 heavy (non-hydrogen) atoms. The Morgan fingerprint density at radius 3 is 2.52 bits per heavy atom. The second-order valence-electron chi connectivity index (χ2n) is 6.36. The highest BCUT2D eigenvalue weighted by molar-refractivity contribution is 6.04. The molecule has 1 N–H and O–H groups in total. The molecule has 0 saturated carbocycles. The van der Waals surface area contributed by atoms with E-state index >= 15 is 0 Å². The smallest absolute Gasteiger partial charge is 0.187 e. The quantitative estimate of drug-likeness (QED) is 0.359. The van der Waals surface area contributed by atoms with E-state index in [9.17, 15) is 9.59 Å². The standard InChI is InChI=1S/C23H27NO3/c1-3-4-9-21(16-23(26)19-10-12-22(27-2)13-11-19)24-15-14-18-7-5-6-8-20(18)17-25/h5-8,10-13,16-17,24H,3-4,9,14-15H2,1-2H3/b21-16-. The van der Waals surface area contributed by atoms with Crippen LogP contribution < -0.4 is 10.1 Å². The molecule has 0 amide bonds. The third-order valence-corrected chi connectivity index (χ3v) is 4.41. The number of hydrogen-bond donors (Lipinski definition) is 1. The van der Waals surface area contributed by atoms with Crippen LogP contribution in [0.2, 0.25) is 0 Å². The molecule has 0 unspecified atom stereocenters. The number of ether oxygens (including phenoxy) is 1. The van der Waals surface area contributed by atoms with Gasteiger partial charge in [0.05, 0.1) is 7.11 Å². The fourth-order valence-corrected chi connectivity index (χ4v) is 2.81. The molecular weight excluding hydrogens is 338 g/mol. The molecule has 0 spiro atoms. The summed E-state index contributed by atoms with van der Waals surface area (Å²) < 4.78 is 5.13. The highest BCUT2D eigenvalue weighted by Crippen LogP contribution is 2.14. The summed E-state index contributed by atoms with van der Waals surface area (Å²) in [4.78, 5) is 23.7. The minimum atomic E-state index is -0.0236. The van der Waals surface area contributed by atoms with Crippen LogP contribution in [-0.4, -0.2) is 25.7 Å². The summed E-state index contributed by atoms with van der Waals surface area (Å²) in [6.07, 6.45) is 6.20. The van der Waals surface area contributed by atoms with Crippen molar-refractivity contribution in [1.82, 2.24) is 5.32 Å². The monoisotopic (exact) mass is 365 g/mol. The lowest BCUT2D eigenvalue weighted by atomic mass is 10.0. The van der Waals surface area contributed by atoms with Crippen molar-refractivity contribution in [3.63, 3.8) is 0 Å². The summed E-state index contributed by atoms with van der Waals surface area (Å²) >= 11 is 0. The number of nitrogens with one attached hydrogen (secondary N) is 1. The third-order valence-electron chi connectivity index (χ3n) is 4.41. The van der Waals surface area contributed by atoms with Crippen LogP contribution in [-0.2, 0) is 6.42 Å². The number of benzene rings is 2. The van der Waals surface area contributed by atoms with Crippen LogP contribution in [0.4, 0.5) is 0 Å². The fraction of sp³-hybridized carbons (Fsp3) is 0.304. The van der Waals surface area contributed by atoms with E-state index in [-0.39, 0.29) is 5.78 Å². The van der Waals surface area contributed by atoms with Gasteiger partial charge < -0.3 is 10.1 Å². The van der Waals surface area contributed by atoms with Crippen molar-refractivity contribution in [3.8, 4) is 5.75 Å². The van der Waals surface area contributed by atoms with Crippen molar-refractivity contribution < 1.29 is 14.3 Å². The van der Waals surface area contributed by atoms with E-state index in [1.54, 1.807) is 37.5 Å². The molecule has 0 saturated heterocycles. The van der Waals surface area contributed by atoms with Gasteiger partial charge in [0.15, 0.2) is 5.78 Å². The maximum Gasteiger partial charge on any atom is 0.187 e. The van der Waals surface area contributed by atoms with Crippen molar-refractivity contribution in [2.24, 2.45) is 0 Å². The SMILES string of the molecule is CCCC/C(=C/C(=O)c1ccc(OC)cc1)NCCc1ccccc1C=O. The van der Waals surface area contributed by atoms with Crippen LogP contribution in [0.5, 0.6) is 5.75 Å². The first-order valence-corrected chi connectivity index (χ1v) is 9.33. The predicted molar refractivity (Wildman–Crippen MR) is 108 cm³/mol. The summed E-state index contributed by atoms with van der Waals surface area (Å²) in [6, 6.07) is 14.7. The first-order chi connectivity index (χ1) is 13.2. The van der Waals surface area contributed by atoms with E-state index < -0.39 is 0 Å². The Morgan fingerprint density at radius 1 is 1.11 bits per heavy atom. The summed E-state index contributed by atoms with van der Waals surface area (Å²) in [7, 11) is 1.60. The largest absolute Gasteiger partial charge is 0.497 e. The van der Waals surface area contributed by atoms with Crippen LogP contribution in [0.25, 0.3) is 0 Å². The van der Waals surface area contributed by atoms with Crippen molar-refractivity contribution in [3.05, 3.63) is 77.0 Å². The number of ketones is 1. The van der Waals surface area contributed by atoms with Gasteiger partial charge in [0.1, 0.15) is 12.0 Å². The van der Waals surface area contributed by atoms with Gasteiger partial charge in [-0.15, -0.1) is 0 Å². The molecule has 4 nitrogen and oxygen atoms in total. The minimum absolute atomic E-state index is 0.0236. The number of hydrogen-bond acceptors (Lipinski definition) is 4. The van der Waals surface area contributed by atoms with Gasteiger partial charge in [-0.2, -0.15) is 0 Å². The molecular formula is C23H27NO3. The zero-order valence-electron chi connectivity index (χ0n) is 16.0. The molecule has 0 radical (unpaired) electrons. The Balaban J connectivity index is 2.03. The summed E-state index contributed by atoms with van der Waals surface area (Å²) in [5.41, 5.74) is 3.29. The number of carbonyl (C=O) groups is 2. The molecule has 2 aromatic rings. The Hall–Kier alpha value is -2.88. The van der Waals surface area contributed by atoms with Crippen molar-refractivity contribution >= 4 is 12.1 Å². The lowest BCUT2D eigenvalue weighted by molar-refractivity contribution is 0.104. The Labute approximate surface area is 161 Å². The maximum absolute atomic E-state index is 12.5. The average molecular weight is 365 g/mol. The van der Waals surface area contributed by atoms with Crippen LogP contribution in [0.3, 0.4) is 0 Å². The van der Waals surface area contributed by atoms with Gasteiger partial charge in [0.2, 0.25) is 0 Å². The Bertz CT molecular complexity index is 778. The Kier molecular flexibility index (Phi) is 8.30. The van der Waals surface area contributed by atoms with Crippen molar-refractivity contribution in [2.75, 3.05) is 13.7 Å². The Morgan fingerprint density at radius 2 is 1.85 bits per heavy atom. The van der Waals surface area contributed by atoms with Gasteiger partial charge in [0.25, 0.3) is 0 Å². The van der Waals surface area contributed by atoms with Gasteiger partial charge in [-0.3, -0.25) is 9.59 Å². The van der Waals surface area contributed by atoms with Gasteiger partial charge in [0, 0.05) is 29.4 Å². The molecule has 0 bridgehead atoms. The second-order valence-corrected chi connectivity index (χ2v) is 6.36. The molecule has 0 atom stereocenters. The van der Waals surface area contributed by atoms with Gasteiger partial charge in [-0.25, -0.2) is 0 Å². The maximum atomic E-state index is 12.5. The molecule has 2 aromatic carbocycles. The van der Waals surface area contributed by atoms with Gasteiger partial charge in [-0.05, 0) is 49.1 Å². The lowest BCUT2D eigenvalue weighted by Crippen LogP contribution is -2.18. The first kappa shape index (κ1) is 20.4. The number of rotatable bonds is 11. The molecule has 4 heteroatoms. The molecule has 0 fully saturated rings. The first-order valence-electron chi connectivity index (χ1n) is 9.33. The average Bonchev–Trinajstić information content (AvgIpc) is 2.72. The number of allylic oxidation sites excluding steroid dienone is 2. The van der Waals surface area contributed by atoms with E-state index in [0.717, 1.165) is 49.0 Å². The van der Waals surface area contributed by atoms with E-state index in [1.807, 2.05) is 24.3 Å². The van der Waals surface area contributed by atoms with E-state index in [2.05, 4.69) is 12.2 Å². The highest BCUT2D eigenvalue weighted by Gasteiger charge is 2.07. The van der Waals surface area contributed by atoms with Crippen LogP contribution in [0, 0.1) is 0 Å². The van der Waals surface area contributed by atoms with Gasteiger partial charge in [-0.1, -0.05) is 37.6 Å². The summed E-state index contributed by atoms with van der Waals surface area (Å²) in [5, 5.41) is 3.38. The van der Waals surface area contributed by atoms with Crippen molar-refractivity contribution in [1.29, 1.82) is 0 Å². The van der Waals surface area contributed by atoms with Crippen LogP contribution in [0.15, 0.2) is 60.3 Å². The molecule has 0 aliphatic carbocycles. The third kappa shape index (κ3) is 6.41. The van der Waals surface area contributed by atoms with Crippen LogP contribution >= 0.6 is 0 Å². The lowest BCUT2D eigenvalue weighted by Gasteiger charge is -2.12. The van der Waals surface area contributed by atoms with Gasteiger partial charge >= 0.3 is 0 Å². The summed E-state index contributed by atoms with van der Waals surface area (Å²) in [6.45, 7) is 2.81. The highest BCUT2D eigenvalue weighted by atomic mass is 16.5. The van der Waals surface area contributed by atoms with E-state index in [1.165, 1.54) is 0 Å². The number of methoxy groups -OCH3 is 1. The second kappa shape index (κ2) is 11.0. The van der Waals surface area contributed by atoms with Crippen molar-refractivity contribution in [2.45, 2.75) is 32.6 Å². The molecule has 0 aromatic heterocycles. The predicted octanol–water partition coefficient (Wildman–Crippen LogP) is 4.60. The molecule has 2 rings (SSSR count). The molecule has 0 aliphatic heterocycles. The summed E-state index contributed by atoms with van der Waals surface area (Å²) in [5.74, 6) is 0.707. The topological polar surface area (TPSA) is 55.4 Å². The zero-order valence-corrected chi connectivity index (χ0v) is 16.0. The number of carbonyl (C=O) groups excluding carboxylic acids is 2. The molecule has 0 heterocycles. The minimum Gasteiger partial charge on any atom is -0.497 e. The molecule has 0 aliphatic rings. The zero-order chi connectivity index (χ0) is 19.5. The molecule has 142 valence electrons.